The molecular weight excluding hydrogens is 416 g/mol. The molecule has 0 spiro atoms. The molecule has 1 aromatic carbocycles. The number of ether oxygens (including phenoxy) is 1. The van der Waals surface area contributed by atoms with Crippen molar-refractivity contribution in [3.05, 3.63) is 46.2 Å². The summed E-state index contributed by atoms with van der Waals surface area (Å²) in [4.78, 5) is 24.5. The number of sulfonamides is 1. The largest absolute Gasteiger partial charge is 0.495 e. The van der Waals surface area contributed by atoms with Crippen molar-refractivity contribution >= 4 is 33.2 Å². The zero-order valence-corrected chi connectivity index (χ0v) is 18.0. The Kier molecular flexibility index (Phi) is 7.77. The summed E-state index contributed by atoms with van der Waals surface area (Å²) < 4.78 is 32.3. The number of amides is 1. The van der Waals surface area contributed by atoms with Crippen LogP contribution in [0.2, 0.25) is 0 Å². The number of rotatable bonds is 10. The number of aliphatic carboxylic acids is 1. The number of nitrogens with zero attached hydrogens (tertiary/aromatic N) is 1. The molecule has 0 aliphatic rings. The van der Waals surface area contributed by atoms with Crippen LogP contribution in [0.5, 0.6) is 5.75 Å². The Morgan fingerprint density at radius 3 is 2.45 bits per heavy atom. The van der Waals surface area contributed by atoms with Crippen molar-refractivity contribution < 1.29 is 27.9 Å². The molecule has 0 fully saturated rings. The second kappa shape index (κ2) is 9.86. The zero-order chi connectivity index (χ0) is 21.6. The lowest BCUT2D eigenvalue weighted by Crippen LogP contribution is -2.32. The van der Waals surface area contributed by atoms with Crippen molar-refractivity contribution in [2.24, 2.45) is 0 Å². The summed E-state index contributed by atoms with van der Waals surface area (Å²) in [6, 6.07) is 6.91. The number of hydrogen-bond donors (Lipinski definition) is 2. The number of carbonyl (C=O) groups is 2. The van der Waals surface area contributed by atoms with Crippen LogP contribution in [0.15, 0.2) is 40.6 Å². The Labute approximate surface area is 174 Å². The highest BCUT2D eigenvalue weighted by molar-refractivity contribution is 7.89. The molecule has 0 aliphatic heterocycles. The molecule has 1 atom stereocenters. The Bertz CT molecular complexity index is 953. The number of carboxylic acids is 1. The lowest BCUT2D eigenvalue weighted by molar-refractivity contribution is -0.137. The van der Waals surface area contributed by atoms with E-state index in [1.807, 2.05) is 0 Å². The molecule has 1 heterocycles. The van der Waals surface area contributed by atoms with Crippen molar-refractivity contribution in [2.75, 3.05) is 20.2 Å². The fraction of sp³-hybridized carbons (Fsp3) is 0.368. The molecule has 1 aromatic heterocycles. The first-order valence-electron chi connectivity index (χ1n) is 8.98. The smallest absolute Gasteiger partial charge is 0.305 e. The summed E-state index contributed by atoms with van der Waals surface area (Å²) in [7, 11) is -2.50. The molecule has 0 aliphatic carbocycles. The highest BCUT2D eigenvalue weighted by Gasteiger charge is 2.27. The van der Waals surface area contributed by atoms with Crippen LogP contribution in [-0.4, -0.2) is 49.9 Å². The maximum Gasteiger partial charge on any atom is 0.305 e. The minimum atomic E-state index is -3.85. The molecule has 29 heavy (non-hydrogen) atoms. The number of thiophene rings is 1. The van der Waals surface area contributed by atoms with Crippen LogP contribution in [0.1, 0.15) is 41.5 Å². The quantitative estimate of drug-likeness (QED) is 0.587. The van der Waals surface area contributed by atoms with Crippen LogP contribution in [0.3, 0.4) is 0 Å². The lowest BCUT2D eigenvalue weighted by atomic mass is 10.1. The molecule has 158 valence electrons. The zero-order valence-electron chi connectivity index (χ0n) is 16.4. The molecule has 1 amide bonds. The number of methoxy groups -OCH3 is 1. The average Bonchev–Trinajstić information content (AvgIpc) is 3.22. The van der Waals surface area contributed by atoms with Gasteiger partial charge in [-0.1, -0.05) is 19.9 Å². The Hall–Kier alpha value is -2.43. The van der Waals surface area contributed by atoms with E-state index in [2.05, 4.69) is 5.32 Å². The molecule has 2 N–H and O–H groups in total. The van der Waals surface area contributed by atoms with E-state index >= 15 is 0 Å². The predicted molar refractivity (Wildman–Crippen MR) is 110 cm³/mol. The summed E-state index contributed by atoms with van der Waals surface area (Å²) >= 11 is 1.33. The van der Waals surface area contributed by atoms with Gasteiger partial charge in [-0.2, -0.15) is 4.31 Å². The van der Waals surface area contributed by atoms with Crippen LogP contribution in [0.4, 0.5) is 0 Å². The van der Waals surface area contributed by atoms with Gasteiger partial charge in [0.15, 0.2) is 0 Å². The van der Waals surface area contributed by atoms with Crippen molar-refractivity contribution in [1.29, 1.82) is 0 Å². The van der Waals surface area contributed by atoms with Gasteiger partial charge in [-0.3, -0.25) is 9.59 Å². The second-order valence-corrected chi connectivity index (χ2v) is 8.98. The summed E-state index contributed by atoms with van der Waals surface area (Å²) in [5.74, 6) is -1.49. The van der Waals surface area contributed by atoms with Crippen molar-refractivity contribution in [3.63, 3.8) is 0 Å². The molecule has 0 unspecified atom stereocenters. The molecule has 0 radical (unpaired) electrons. The van der Waals surface area contributed by atoms with Gasteiger partial charge in [0.25, 0.3) is 5.91 Å². The van der Waals surface area contributed by atoms with Crippen LogP contribution < -0.4 is 10.1 Å². The van der Waals surface area contributed by atoms with Gasteiger partial charge in [-0.15, -0.1) is 11.3 Å². The summed E-state index contributed by atoms with van der Waals surface area (Å²) in [5, 5.41) is 13.6. The maximum absolute atomic E-state index is 12.9. The third kappa shape index (κ3) is 5.34. The second-order valence-electron chi connectivity index (χ2n) is 6.09. The van der Waals surface area contributed by atoms with E-state index in [1.165, 1.54) is 41.0 Å². The predicted octanol–water partition coefficient (Wildman–Crippen LogP) is 2.73. The highest BCUT2D eigenvalue weighted by Crippen LogP contribution is 2.29. The topological polar surface area (TPSA) is 113 Å². The van der Waals surface area contributed by atoms with Gasteiger partial charge in [0, 0.05) is 23.5 Å². The van der Waals surface area contributed by atoms with E-state index in [-0.39, 0.29) is 35.7 Å². The molecule has 0 bridgehead atoms. The van der Waals surface area contributed by atoms with Crippen LogP contribution in [-0.2, 0) is 14.8 Å². The van der Waals surface area contributed by atoms with E-state index in [9.17, 15) is 18.0 Å². The Balaban J connectivity index is 2.39. The molecule has 2 rings (SSSR count). The van der Waals surface area contributed by atoms with Gasteiger partial charge in [0.05, 0.1) is 19.6 Å². The molecule has 0 saturated carbocycles. The summed E-state index contributed by atoms with van der Waals surface area (Å²) in [6.07, 6.45) is -0.285. The number of carboxylic acid groups (broad SMARTS) is 1. The van der Waals surface area contributed by atoms with Crippen molar-refractivity contribution in [3.8, 4) is 5.75 Å². The minimum absolute atomic E-state index is 0.100. The van der Waals surface area contributed by atoms with E-state index in [0.717, 1.165) is 0 Å². The Morgan fingerprint density at radius 2 is 1.93 bits per heavy atom. The Morgan fingerprint density at radius 1 is 1.24 bits per heavy atom. The van der Waals surface area contributed by atoms with E-state index < -0.39 is 27.9 Å². The fourth-order valence-electron chi connectivity index (χ4n) is 2.85. The molecular formula is C19H24N2O6S2. The summed E-state index contributed by atoms with van der Waals surface area (Å²) in [5.41, 5.74) is 0.100. The average molecular weight is 441 g/mol. The highest BCUT2D eigenvalue weighted by atomic mass is 32.2. The van der Waals surface area contributed by atoms with Gasteiger partial charge in [-0.05, 0) is 29.6 Å². The van der Waals surface area contributed by atoms with E-state index in [1.54, 1.807) is 31.4 Å². The van der Waals surface area contributed by atoms with Crippen molar-refractivity contribution in [1.82, 2.24) is 9.62 Å². The molecule has 0 saturated heterocycles. The molecule has 8 nitrogen and oxygen atoms in total. The lowest BCUT2D eigenvalue weighted by Gasteiger charge is -2.21. The van der Waals surface area contributed by atoms with Gasteiger partial charge in [-0.25, -0.2) is 8.42 Å². The number of nitrogens with one attached hydrogen (secondary N) is 1. The van der Waals surface area contributed by atoms with E-state index in [4.69, 9.17) is 9.84 Å². The third-order valence-electron chi connectivity index (χ3n) is 4.32. The number of hydrogen-bond acceptors (Lipinski definition) is 6. The molecule has 2 aromatic rings. The standard InChI is InChI=1S/C19H24N2O6S2/c1-4-21(5-2)29(25,26)17-11-13(8-9-15(17)27-3)19(24)20-14(12-18(22)23)16-7-6-10-28-16/h6-11,14H,4-5,12H2,1-3H3,(H,20,24)(H,22,23)/t14-/m1/s1. The SMILES string of the molecule is CCN(CC)S(=O)(=O)c1cc(C(=O)N[C@H](CC(=O)O)c2cccs2)ccc1OC. The summed E-state index contributed by atoms with van der Waals surface area (Å²) in [6.45, 7) is 4.00. The first-order valence-corrected chi connectivity index (χ1v) is 11.3. The van der Waals surface area contributed by atoms with Crippen molar-refractivity contribution in [2.45, 2.75) is 31.2 Å². The van der Waals surface area contributed by atoms with Crippen LogP contribution in [0, 0.1) is 0 Å². The maximum atomic E-state index is 12.9. The van der Waals surface area contributed by atoms with E-state index in [0.29, 0.717) is 4.88 Å². The third-order valence-corrected chi connectivity index (χ3v) is 7.38. The first kappa shape index (κ1) is 22.9. The monoisotopic (exact) mass is 440 g/mol. The van der Waals surface area contributed by atoms with Gasteiger partial charge in [0.2, 0.25) is 10.0 Å². The van der Waals surface area contributed by atoms with Crippen LogP contribution >= 0.6 is 11.3 Å². The number of carbonyl (C=O) groups excluding carboxylic acids is 1. The minimum Gasteiger partial charge on any atom is -0.495 e. The fourth-order valence-corrected chi connectivity index (χ4v) is 5.27. The first-order chi connectivity index (χ1) is 13.7. The van der Waals surface area contributed by atoms with Gasteiger partial charge in [0.1, 0.15) is 10.6 Å². The van der Waals surface area contributed by atoms with Crippen LogP contribution in [0.25, 0.3) is 0 Å². The van der Waals surface area contributed by atoms with Gasteiger partial charge < -0.3 is 15.2 Å². The molecule has 10 heteroatoms. The van der Waals surface area contributed by atoms with Gasteiger partial charge >= 0.3 is 5.97 Å². The normalized spacial score (nSPS) is 12.6. The number of benzene rings is 1.